The first-order valence-electron chi connectivity index (χ1n) is 8.12. The summed E-state index contributed by atoms with van der Waals surface area (Å²) in [7, 11) is 2.09. The van der Waals surface area contributed by atoms with Gasteiger partial charge in [0.05, 0.1) is 6.61 Å². The fourth-order valence-electron chi connectivity index (χ4n) is 2.53. The summed E-state index contributed by atoms with van der Waals surface area (Å²) in [4.78, 5) is 16.2. The number of carbonyl (C=O) groups is 1. The maximum atomic E-state index is 12.0. The van der Waals surface area contributed by atoms with Gasteiger partial charge in [-0.1, -0.05) is 12.1 Å². The van der Waals surface area contributed by atoms with Crippen molar-refractivity contribution in [1.29, 1.82) is 0 Å². The quantitative estimate of drug-likeness (QED) is 0.817. The van der Waals surface area contributed by atoms with Crippen molar-refractivity contribution < 1.29 is 9.53 Å². The maximum absolute atomic E-state index is 12.0. The van der Waals surface area contributed by atoms with E-state index in [-0.39, 0.29) is 6.03 Å². The summed E-state index contributed by atoms with van der Waals surface area (Å²) in [5.41, 5.74) is 1.28. The molecule has 0 unspecified atom stereocenters. The topological polar surface area (TPSA) is 44.8 Å². The molecule has 5 nitrogen and oxygen atoms in total. The molecule has 5 heteroatoms. The molecule has 1 aromatic rings. The zero-order valence-corrected chi connectivity index (χ0v) is 13.7. The minimum Gasteiger partial charge on any atom is -0.494 e. The monoisotopic (exact) mass is 305 g/mol. The lowest BCUT2D eigenvalue weighted by Gasteiger charge is -2.32. The SMILES string of the molecule is CCOc1ccc(CCCNC(=O)N2CCN(C)CC2)cc1. The molecular weight excluding hydrogens is 278 g/mol. The van der Waals surface area contributed by atoms with Crippen LogP contribution >= 0.6 is 0 Å². The Hall–Kier alpha value is -1.75. The van der Waals surface area contributed by atoms with Gasteiger partial charge in [0.2, 0.25) is 0 Å². The van der Waals surface area contributed by atoms with Gasteiger partial charge in [0, 0.05) is 32.7 Å². The van der Waals surface area contributed by atoms with Crippen LogP contribution in [0.2, 0.25) is 0 Å². The molecule has 0 aromatic heterocycles. The fraction of sp³-hybridized carbons (Fsp3) is 0.588. The first kappa shape index (κ1) is 16.6. The van der Waals surface area contributed by atoms with E-state index in [0.717, 1.165) is 51.3 Å². The summed E-state index contributed by atoms with van der Waals surface area (Å²) in [6, 6.07) is 8.25. The number of piperazine rings is 1. The van der Waals surface area contributed by atoms with Gasteiger partial charge >= 0.3 is 6.03 Å². The highest BCUT2D eigenvalue weighted by Gasteiger charge is 2.18. The highest BCUT2D eigenvalue weighted by molar-refractivity contribution is 5.74. The Bertz CT molecular complexity index is 453. The van der Waals surface area contributed by atoms with Crippen molar-refractivity contribution in [1.82, 2.24) is 15.1 Å². The van der Waals surface area contributed by atoms with E-state index in [4.69, 9.17) is 4.74 Å². The summed E-state index contributed by atoms with van der Waals surface area (Å²) in [6.45, 7) is 6.95. The third-order valence-electron chi connectivity index (χ3n) is 3.94. The van der Waals surface area contributed by atoms with Crippen molar-refractivity contribution in [3.63, 3.8) is 0 Å². The van der Waals surface area contributed by atoms with Gasteiger partial charge in [0.25, 0.3) is 0 Å². The summed E-state index contributed by atoms with van der Waals surface area (Å²) in [5, 5.41) is 3.01. The normalized spacial score (nSPS) is 15.6. The molecule has 0 atom stereocenters. The molecule has 1 heterocycles. The molecule has 1 aliphatic rings. The summed E-state index contributed by atoms with van der Waals surface area (Å²) >= 11 is 0. The number of rotatable bonds is 6. The van der Waals surface area contributed by atoms with E-state index in [1.165, 1.54) is 5.56 Å². The van der Waals surface area contributed by atoms with E-state index in [2.05, 4.69) is 29.4 Å². The van der Waals surface area contributed by atoms with Crippen molar-refractivity contribution in [3.8, 4) is 5.75 Å². The highest BCUT2D eigenvalue weighted by Crippen LogP contribution is 2.13. The van der Waals surface area contributed by atoms with Crippen LogP contribution < -0.4 is 10.1 Å². The van der Waals surface area contributed by atoms with Gasteiger partial charge in [0.1, 0.15) is 5.75 Å². The lowest BCUT2D eigenvalue weighted by molar-refractivity contribution is 0.154. The van der Waals surface area contributed by atoms with Crippen LogP contribution in [-0.4, -0.2) is 62.2 Å². The molecule has 1 aliphatic heterocycles. The van der Waals surface area contributed by atoms with E-state index < -0.39 is 0 Å². The number of amides is 2. The molecular formula is C17H27N3O2. The molecule has 122 valence electrons. The molecule has 0 bridgehead atoms. The van der Waals surface area contributed by atoms with Crippen LogP contribution in [0.1, 0.15) is 18.9 Å². The molecule has 0 spiro atoms. The second kappa shape index (κ2) is 8.63. The molecule has 1 N–H and O–H groups in total. The van der Waals surface area contributed by atoms with E-state index in [0.29, 0.717) is 6.61 Å². The van der Waals surface area contributed by atoms with E-state index in [1.807, 2.05) is 24.0 Å². The Kier molecular flexibility index (Phi) is 6.52. The molecule has 0 radical (unpaired) electrons. The summed E-state index contributed by atoms with van der Waals surface area (Å²) in [5.74, 6) is 0.912. The molecule has 2 rings (SSSR count). The number of nitrogens with one attached hydrogen (secondary N) is 1. The minimum atomic E-state index is 0.0693. The molecule has 0 aliphatic carbocycles. The molecule has 1 aromatic carbocycles. The molecule has 1 fully saturated rings. The number of aryl methyl sites for hydroxylation is 1. The van der Waals surface area contributed by atoms with Crippen molar-refractivity contribution >= 4 is 6.03 Å². The summed E-state index contributed by atoms with van der Waals surface area (Å²) in [6.07, 6.45) is 1.92. The molecule has 1 saturated heterocycles. The van der Waals surface area contributed by atoms with Gasteiger partial charge in [-0.15, -0.1) is 0 Å². The van der Waals surface area contributed by atoms with Crippen LogP contribution in [0.5, 0.6) is 5.75 Å². The van der Waals surface area contributed by atoms with Crippen LogP contribution in [0.3, 0.4) is 0 Å². The number of hydrogen-bond donors (Lipinski definition) is 1. The third kappa shape index (κ3) is 5.22. The van der Waals surface area contributed by atoms with Gasteiger partial charge < -0.3 is 19.9 Å². The lowest BCUT2D eigenvalue weighted by Crippen LogP contribution is -2.50. The van der Waals surface area contributed by atoms with Crippen molar-refractivity contribution in [3.05, 3.63) is 29.8 Å². The number of carbonyl (C=O) groups excluding carboxylic acids is 1. The van der Waals surface area contributed by atoms with Crippen LogP contribution in [0.4, 0.5) is 4.79 Å². The Morgan fingerprint density at radius 2 is 1.86 bits per heavy atom. The smallest absolute Gasteiger partial charge is 0.317 e. The maximum Gasteiger partial charge on any atom is 0.317 e. The number of nitrogens with zero attached hydrogens (tertiary/aromatic N) is 2. The van der Waals surface area contributed by atoms with Crippen LogP contribution in [0, 0.1) is 0 Å². The second-order valence-corrected chi connectivity index (χ2v) is 5.70. The Morgan fingerprint density at radius 3 is 2.50 bits per heavy atom. The molecule has 0 saturated carbocycles. The zero-order chi connectivity index (χ0) is 15.8. The van der Waals surface area contributed by atoms with Gasteiger partial charge in [-0.3, -0.25) is 0 Å². The molecule has 22 heavy (non-hydrogen) atoms. The Labute approximate surface area is 133 Å². The Morgan fingerprint density at radius 1 is 1.18 bits per heavy atom. The van der Waals surface area contributed by atoms with Crippen molar-refractivity contribution in [2.24, 2.45) is 0 Å². The van der Waals surface area contributed by atoms with Gasteiger partial charge in [0.15, 0.2) is 0 Å². The lowest BCUT2D eigenvalue weighted by atomic mass is 10.1. The van der Waals surface area contributed by atoms with Crippen molar-refractivity contribution in [2.45, 2.75) is 19.8 Å². The molecule has 2 amide bonds. The number of urea groups is 1. The number of hydrogen-bond acceptors (Lipinski definition) is 3. The highest BCUT2D eigenvalue weighted by atomic mass is 16.5. The minimum absolute atomic E-state index is 0.0693. The predicted molar refractivity (Wildman–Crippen MR) is 88.4 cm³/mol. The standard InChI is InChI=1S/C17H27N3O2/c1-3-22-16-8-6-15(7-9-16)5-4-10-18-17(21)20-13-11-19(2)12-14-20/h6-9H,3-5,10-14H2,1-2H3,(H,18,21). The third-order valence-corrected chi connectivity index (χ3v) is 3.94. The number of benzene rings is 1. The van der Waals surface area contributed by atoms with Crippen molar-refractivity contribution in [2.75, 3.05) is 46.4 Å². The first-order chi connectivity index (χ1) is 10.7. The predicted octanol–water partition coefficient (Wildman–Crippen LogP) is 1.97. The van der Waals surface area contributed by atoms with Crippen LogP contribution in [0.15, 0.2) is 24.3 Å². The van der Waals surface area contributed by atoms with Crippen LogP contribution in [-0.2, 0) is 6.42 Å². The average molecular weight is 305 g/mol. The average Bonchev–Trinajstić information content (AvgIpc) is 2.54. The van der Waals surface area contributed by atoms with Gasteiger partial charge in [-0.25, -0.2) is 4.79 Å². The second-order valence-electron chi connectivity index (χ2n) is 5.70. The summed E-state index contributed by atoms with van der Waals surface area (Å²) < 4.78 is 5.43. The number of likely N-dealkylation sites (N-methyl/N-ethyl adjacent to an activating group) is 1. The number of ether oxygens (including phenoxy) is 1. The van der Waals surface area contributed by atoms with E-state index in [9.17, 15) is 4.79 Å². The fourth-order valence-corrected chi connectivity index (χ4v) is 2.53. The van der Waals surface area contributed by atoms with E-state index >= 15 is 0 Å². The van der Waals surface area contributed by atoms with E-state index in [1.54, 1.807) is 0 Å². The first-order valence-corrected chi connectivity index (χ1v) is 8.12. The largest absolute Gasteiger partial charge is 0.494 e. The van der Waals surface area contributed by atoms with Gasteiger partial charge in [-0.2, -0.15) is 0 Å². The van der Waals surface area contributed by atoms with Crippen LogP contribution in [0.25, 0.3) is 0 Å². The zero-order valence-electron chi connectivity index (χ0n) is 13.7. The van der Waals surface area contributed by atoms with Gasteiger partial charge in [-0.05, 0) is 44.5 Å². The Balaban J connectivity index is 1.63.